The molecule has 10 nitrogen and oxygen atoms in total. The number of benzene rings is 3. The van der Waals surface area contributed by atoms with Crippen LogP contribution in [0.3, 0.4) is 0 Å². The molecule has 0 spiro atoms. The molecule has 0 aliphatic rings. The topological polar surface area (TPSA) is 148 Å². The Bertz CT molecular complexity index is 1330. The van der Waals surface area contributed by atoms with Crippen molar-refractivity contribution in [3.63, 3.8) is 0 Å². The minimum absolute atomic E-state index is 0.130. The third kappa shape index (κ3) is 6.74. The maximum absolute atomic E-state index is 13.5. The summed E-state index contributed by atoms with van der Waals surface area (Å²) in [5.41, 5.74) is 14.9. The van der Waals surface area contributed by atoms with Crippen molar-refractivity contribution in [2.45, 2.75) is 26.1 Å². The molecule has 3 rings (SSSR count). The van der Waals surface area contributed by atoms with Crippen LogP contribution in [0.2, 0.25) is 0 Å². The van der Waals surface area contributed by atoms with Gasteiger partial charge in [0.1, 0.15) is 12.3 Å². The Morgan fingerprint density at radius 3 is 2.16 bits per heavy atom. The number of carbonyl (C=O) groups excluding carboxylic acids is 4. The summed E-state index contributed by atoms with van der Waals surface area (Å²) in [5, 5.41) is 2.08. The molecule has 0 saturated heterocycles. The molecular weight excluding hydrogens is 486 g/mol. The van der Waals surface area contributed by atoms with Gasteiger partial charge in [-0.05, 0) is 47.4 Å². The molecule has 10 heteroatoms. The van der Waals surface area contributed by atoms with Crippen molar-refractivity contribution < 1.29 is 23.9 Å². The quantitative estimate of drug-likeness (QED) is 0.372. The predicted octanol–water partition coefficient (Wildman–Crippen LogP) is 2.61. The summed E-state index contributed by atoms with van der Waals surface area (Å²) >= 11 is 0. The number of hydrogen-bond acceptors (Lipinski definition) is 6. The van der Waals surface area contributed by atoms with Crippen molar-refractivity contribution >= 4 is 29.4 Å². The summed E-state index contributed by atoms with van der Waals surface area (Å²) in [7, 11) is 1.51. The van der Waals surface area contributed by atoms with Crippen molar-refractivity contribution in [2.24, 2.45) is 11.5 Å². The van der Waals surface area contributed by atoms with Gasteiger partial charge in [-0.3, -0.25) is 30.3 Å². The number of urea groups is 1. The number of likely N-dealkylation sites (N-methyl/N-ethyl adjacent to an activating group) is 1. The molecule has 1 atom stereocenters. The van der Waals surface area contributed by atoms with Gasteiger partial charge in [-0.25, -0.2) is 4.79 Å². The first-order valence-corrected chi connectivity index (χ1v) is 11.9. The highest BCUT2D eigenvalue weighted by atomic mass is 16.5. The number of rotatable bonds is 9. The minimum atomic E-state index is -2.58. The monoisotopic (exact) mass is 517 g/mol. The number of anilines is 1. The second kappa shape index (κ2) is 12.0. The standard InChI is InChI=1S/C28H31N5O5/c1-4-20-10-8-11-21(16-20)22-12-9-15-24(17-22)38-28(30,31-27(29)37)26(36)33(19(2)34)18-25(35)32(3)23-13-6-5-7-14-23/h5-17H,4,18,30H2,1-3H3,(H3,29,31,37). The maximum Gasteiger partial charge on any atom is 0.321 e. The van der Waals surface area contributed by atoms with Crippen LogP contribution < -0.4 is 26.4 Å². The van der Waals surface area contributed by atoms with Crippen molar-refractivity contribution in [1.82, 2.24) is 10.2 Å². The molecule has 0 aliphatic carbocycles. The number of para-hydroxylation sites is 1. The van der Waals surface area contributed by atoms with Gasteiger partial charge in [-0.2, -0.15) is 0 Å². The van der Waals surface area contributed by atoms with Crippen molar-refractivity contribution in [2.75, 3.05) is 18.5 Å². The van der Waals surface area contributed by atoms with Gasteiger partial charge in [0, 0.05) is 19.7 Å². The smallest absolute Gasteiger partial charge is 0.321 e. The molecule has 0 aromatic heterocycles. The van der Waals surface area contributed by atoms with E-state index in [0.717, 1.165) is 30.0 Å². The Morgan fingerprint density at radius 2 is 1.55 bits per heavy atom. The van der Waals surface area contributed by atoms with Crippen LogP contribution in [0.15, 0.2) is 78.9 Å². The lowest BCUT2D eigenvalue weighted by molar-refractivity contribution is -0.158. The molecule has 198 valence electrons. The van der Waals surface area contributed by atoms with E-state index in [1.165, 1.54) is 18.0 Å². The number of nitrogens with zero attached hydrogens (tertiary/aromatic N) is 2. The molecule has 0 saturated carbocycles. The summed E-state index contributed by atoms with van der Waals surface area (Å²) in [5.74, 6) is -4.96. The van der Waals surface area contributed by atoms with Gasteiger partial charge in [-0.15, -0.1) is 0 Å². The SMILES string of the molecule is CCc1cccc(-c2cccc(OC(N)(NC(N)=O)C(=O)N(CC(=O)N(C)c3ccccc3)C(C)=O)c2)c1. The van der Waals surface area contributed by atoms with Crippen LogP contribution >= 0.6 is 0 Å². The van der Waals surface area contributed by atoms with Crippen molar-refractivity contribution in [3.8, 4) is 16.9 Å². The van der Waals surface area contributed by atoms with E-state index < -0.39 is 36.1 Å². The van der Waals surface area contributed by atoms with Gasteiger partial charge in [0.05, 0.1) is 0 Å². The zero-order valence-electron chi connectivity index (χ0n) is 21.5. The number of nitrogens with one attached hydrogen (secondary N) is 1. The summed E-state index contributed by atoms with van der Waals surface area (Å²) in [4.78, 5) is 52.5. The third-order valence-corrected chi connectivity index (χ3v) is 5.84. The summed E-state index contributed by atoms with van der Waals surface area (Å²) in [6, 6.07) is 22.1. The van der Waals surface area contributed by atoms with E-state index in [9.17, 15) is 19.2 Å². The Balaban J connectivity index is 1.89. The van der Waals surface area contributed by atoms with E-state index in [4.69, 9.17) is 16.2 Å². The Morgan fingerprint density at radius 1 is 0.921 bits per heavy atom. The number of ether oxygens (including phenoxy) is 1. The molecule has 38 heavy (non-hydrogen) atoms. The minimum Gasteiger partial charge on any atom is -0.446 e. The fourth-order valence-corrected chi connectivity index (χ4v) is 3.77. The van der Waals surface area contributed by atoms with Crippen LogP contribution in [0, 0.1) is 0 Å². The van der Waals surface area contributed by atoms with Crippen LogP contribution in [0.1, 0.15) is 19.4 Å². The summed E-state index contributed by atoms with van der Waals surface area (Å²) in [6.07, 6.45) is 0.853. The van der Waals surface area contributed by atoms with Crippen LogP contribution in [0.25, 0.3) is 11.1 Å². The number of nitrogens with two attached hydrogens (primary N) is 2. The lowest BCUT2D eigenvalue weighted by Gasteiger charge is -2.33. The van der Waals surface area contributed by atoms with Gasteiger partial charge < -0.3 is 15.4 Å². The van der Waals surface area contributed by atoms with E-state index in [1.807, 2.05) is 37.3 Å². The fraction of sp³-hybridized carbons (Fsp3) is 0.214. The second-order valence-electron chi connectivity index (χ2n) is 8.61. The molecule has 0 fully saturated rings. The first kappa shape index (κ1) is 27.9. The molecule has 0 bridgehead atoms. The van der Waals surface area contributed by atoms with Gasteiger partial charge >= 0.3 is 17.8 Å². The van der Waals surface area contributed by atoms with E-state index in [-0.39, 0.29) is 5.75 Å². The number of hydrogen-bond donors (Lipinski definition) is 3. The van der Waals surface area contributed by atoms with E-state index in [0.29, 0.717) is 10.6 Å². The highest BCUT2D eigenvalue weighted by Crippen LogP contribution is 2.26. The van der Waals surface area contributed by atoms with E-state index in [1.54, 1.807) is 42.5 Å². The van der Waals surface area contributed by atoms with E-state index >= 15 is 0 Å². The Kier molecular flexibility index (Phi) is 8.82. The number of aryl methyl sites for hydroxylation is 1. The highest BCUT2D eigenvalue weighted by Gasteiger charge is 2.44. The van der Waals surface area contributed by atoms with Crippen LogP contribution in [0.4, 0.5) is 10.5 Å². The number of imide groups is 1. The fourth-order valence-electron chi connectivity index (χ4n) is 3.77. The van der Waals surface area contributed by atoms with Gasteiger partial charge in [0.2, 0.25) is 11.8 Å². The largest absolute Gasteiger partial charge is 0.446 e. The first-order chi connectivity index (χ1) is 18.0. The summed E-state index contributed by atoms with van der Waals surface area (Å²) in [6.45, 7) is 2.50. The number of amides is 5. The second-order valence-corrected chi connectivity index (χ2v) is 8.61. The van der Waals surface area contributed by atoms with Crippen LogP contribution in [-0.2, 0) is 20.8 Å². The molecule has 0 aliphatic heterocycles. The molecule has 5 N–H and O–H groups in total. The van der Waals surface area contributed by atoms with Gasteiger partial charge in [0.25, 0.3) is 0 Å². The zero-order chi connectivity index (χ0) is 27.9. The zero-order valence-corrected chi connectivity index (χ0v) is 21.5. The lowest BCUT2D eigenvalue weighted by Crippen LogP contribution is -2.71. The molecule has 5 amide bonds. The average molecular weight is 518 g/mol. The summed E-state index contributed by atoms with van der Waals surface area (Å²) < 4.78 is 5.75. The van der Waals surface area contributed by atoms with Gasteiger partial charge in [0.15, 0.2) is 0 Å². The Labute approximate surface area is 221 Å². The van der Waals surface area contributed by atoms with Gasteiger partial charge in [-0.1, -0.05) is 61.5 Å². The molecule has 1 unspecified atom stereocenters. The number of primary amides is 1. The predicted molar refractivity (Wildman–Crippen MR) is 144 cm³/mol. The van der Waals surface area contributed by atoms with Crippen LogP contribution in [-0.4, -0.2) is 48.1 Å². The van der Waals surface area contributed by atoms with Crippen molar-refractivity contribution in [3.05, 3.63) is 84.4 Å². The highest BCUT2D eigenvalue weighted by molar-refractivity contribution is 6.05. The molecule has 3 aromatic carbocycles. The first-order valence-electron chi connectivity index (χ1n) is 11.9. The normalized spacial score (nSPS) is 12.1. The number of carbonyl (C=O) groups is 4. The van der Waals surface area contributed by atoms with Crippen molar-refractivity contribution in [1.29, 1.82) is 0 Å². The molecule has 3 aromatic rings. The lowest BCUT2D eigenvalue weighted by atomic mass is 10.0. The Hall–Kier alpha value is -4.70. The van der Waals surface area contributed by atoms with E-state index in [2.05, 4.69) is 5.32 Å². The molecule has 0 heterocycles. The molecular formula is C28H31N5O5. The molecule has 0 radical (unpaired) electrons. The average Bonchev–Trinajstić information content (AvgIpc) is 2.90. The van der Waals surface area contributed by atoms with Crippen LogP contribution in [0.5, 0.6) is 5.75 Å². The third-order valence-electron chi connectivity index (χ3n) is 5.84. The maximum atomic E-state index is 13.5.